The average molecular weight is 398 g/mol. The first-order chi connectivity index (χ1) is 14.1. The largest absolute Gasteiger partial charge is 0.487 e. The number of ether oxygens (including phenoxy) is 2. The number of fused-ring (bicyclic) bond motifs is 1. The lowest BCUT2D eigenvalue weighted by molar-refractivity contribution is 0.0694. The zero-order valence-electron chi connectivity index (χ0n) is 17.3. The Morgan fingerprint density at radius 3 is 2.90 bits per heavy atom. The summed E-state index contributed by atoms with van der Waals surface area (Å²) >= 11 is 0. The lowest BCUT2D eigenvalue weighted by atomic mass is 9.90. The van der Waals surface area contributed by atoms with Crippen LogP contribution in [0, 0.1) is 5.92 Å². The molecule has 1 aromatic carbocycles. The minimum Gasteiger partial charge on any atom is -0.487 e. The van der Waals surface area contributed by atoms with Gasteiger partial charge >= 0.3 is 0 Å². The van der Waals surface area contributed by atoms with E-state index in [0.29, 0.717) is 5.92 Å². The van der Waals surface area contributed by atoms with Crippen LogP contribution in [0.25, 0.3) is 0 Å². The summed E-state index contributed by atoms with van der Waals surface area (Å²) in [5.74, 6) is 3.25. The molecule has 1 aromatic heterocycles. The third kappa shape index (κ3) is 5.32. The summed E-state index contributed by atoms with van der Waals surface area (Å²) < 4.78 is 17.1. The predicted molar refractivity (Wildman–Crippen MR) is 113 cm³/mol. The van der Waals surface area contributed by atoms with E-state index in [1.165, 1.54) is 5.56 Å². The molecule has 2 unspecified atom stereocenters. The summed E-state index contributed by atoms with van der Waals surface area (Å²) in [5, 5.41) is 7.14. The lowest BCUT2D eigenvalue weighted by Gasteiger charge is -2.38. The molecular weight excluding hydrogens is 366 g/mol. The van der Waals surface area contributed by atoms with Gasteiger partial charge in [-0.25, -0.2) is 0 Å². The van der Waals surface area contributed by atoms with Crippen molar-refractivity contribution in [1.29, 1.82) is 0 Å². The normalized spacial score (nSPS) is 23.3. The maximum Gasteiger partial charge on any atom is 0.191 e. The highest BCUT2D eigenvalue weighted by Crippen LogP contribution is 2.39. The Balaban J connectivity index is 1.46. The van der Waals surface area contributed by atoms with Gasteiger partial charge in [-0.15, -0.1) is 0 Å². The average Bonchev–Trinajstić information content (AvgIpc) is 3.39. The number of aliphatic imine (C=N–C) groups is 1. The second kappa shape index (κ2) is 8.91. The fourth-order valence-electron chi connectivity index (χ4n) is 3.96. The molecule has 6 heteroatoms. The van der Waals surface area contributed by atoms with E-state index >= 15 is 0 Å². The van der Waals surface area contributed by atoms with Crippen molar-refractivity contribution < 1.29 is 13.9 Å². The van der Waals surface area contributed by atoms with Gasteiger partial charge in [-0.2, -0.15) is 0 Å². The lowest BCUT2D eigenvalue weighted by Crippen LogP contribution is -2.46. The van der Waals surface area contributed by atoms with E-state index < -0.39 is 0 Å². The molecule has 2 aliphatic rings. The van der Waals surface area contributed by atoms with Crippen LogP contribution in [0.2, 0.25) is 0 Å². The molecule has 2 aliphatic heterocycles. The molecule has 2 N–H and O–H groups in total. The number of furan rings is 1. The summed E-state index contributed by atoms with van der Waals surface area (Å²) in [7, 11) is 0. The molecule has 1 saturated heterocycles. The van der Waals surface area contributed by atoms with Crippen molar-refractivity contribution in [3.8, 4) is 5.75 Å². The molecule has 6 nitrogen and oxygen atoms in total. The molecule has 29 heavy (non-hydrogen) atoms. The van der Waals surface area contributed by atoms with Gasteiger partial charge in [0.15, 0.2) is 5.96 Å². The Morgan fingerprint density at radius 2 is 2.10 bits per heavy atom. The second-order valence-corrected chi connectivity index (χ2v) is 8.48. The molecule has 0 amide bonds. The van der Waals surface area contributed by atoms with Gasteiger partial charge in [-0.1, -0.05) is 18.2 Å². The molecular formula is C23H31N3O3. The minimum absolute atomic E-state index is 0.143. The molecule has 4 rings (SSSR count). The van der Waals surface area contributed by atoms with E-state index in [0.717, 1.165) is 63.0 Å². The van der Waals surface area contributed by atoms with E-state index in [-0.39, 0.29) is 11.6 Å². The van der Waals surface area contributed by atoms with Crippen LogP contribution in [-0.4, -0.2) is 37.9 Å². The third-order valence-electron chi connectivity index (χ3n) is 5.46. The Labute approximate surface area is 172 Å². The minimum atomic E-state index is -0.232. The smallest absolute Gasteiger partial charge is 0.191 e. The molecule has 2 atom stereocenters. The van der Waals surface area contributed by atoms with Crippen LogP contribution < -0.4 is 15.4 Å². The van der Waals surface area contributed by atoms with Crippen molar-refractivity contribution in [2.75, 3.05) is 26.3 Å². The van der Waals surface area contributed by atoms with Crippen LogP contribution >= 0.6 is 0 Å². The highest BCUT2D eigenvalue weighted by atomic mass is 16.5. The summed E-state index contributed by atoms with van der Waals surface area (Å²) in [6.45, 7) is 7.44. The molecule has 0 spiro atoms. The summed E-state index contributed by atoms with van der Waals surface area (Å²) in [6, 6.07) is 12.3. The van der Waals surface area contributed by atoms with Crippen LogP contribution in [0.4, 0.5) is 0 Å². The van der Waals surface area contributed by atoms with Gasteiger partial charge in [0.05, 0.1) is 18.9 Å². The third-order valence-corrected chi connectivity index (χ3v) is 5.46. The predicted octanol–water partition coefficient (Wildman–Crippen LogP) is 3.70. The fraction of sp³-hybridized carbons (Fsp3) is 0.522. The molecule has 0 aliphatic carbocycles. The second-order valence-electron chi connectivity index (χ2n) is 8.48. The van der Waals surface area contributed by atoms with Crippen molar-refractivity contribution in [3.63, 3.8) is 0 Å². The SMILES string of the molecule is CC1(C)CC(NC(=NCC2CCOC2)NCCc2ccco2)c2ccccc2O1. The Hall–Kier alpha value is -2.47. The van der Waals surface area contributed by atoms with Gasteiger partial charge in [0.2, 0.25) is 0 Å². The highest BCUT2D eigenvalue weighted by molar-refractivity contribution is 5.80. The van der Waals surface area contributed by atoms with Crippen molar-refractivity contribution >= 4 is 5.96 Å². The summed E-state index contributed by atoms with van der Waals surface area (Å²) in [4.78, 5) is 4.88. The molecule has 156 valence electrons. The van der Waals surface area contributed by atoms with E-state index in [4.69, 9.17) is 18.9 Å². The zero-order valence-corrected chi connectivity index (χ0v) is 17.3. The fourth-order valence-corrected chi connectivity index (χ4v) is 3.96. The van der Waals surface area contributed by atoms with Gasteiger partial charge in [0.1, 0.15) is 17.1 Å². The summed E-state index contributed by atoms with van der Waals surface area (Å²) in [5.41, 5.74) is 0.946. The van der Waals surface area contributed by atoms with Gasteiger partial charge in [0, 0.05) is 44.0 Å². The van der Waals surface area contributed by atoms with E-state index in [1.54, 1.807) is 6.26 Å². The monoisotopic (exact) mass is 397 g/mol. The number of hydrogen-bond donors (Lipinski definition) is 2. The molecule has 0 bridgehead atoms. The van der Waals surface area contributed by atoms with E-state index in [1.807, 2.05) is 24.3 Å². The van der Waals surface area contributed by atoms with Crippen molar-refractivity contribution in [1.82, 2.24) is 10.6 Å². The van der Waals surface area contributed by atoms with Crippen molar-refractivity contribution in [3.05, 3.63) is 54.0 Å². The van der Waals surface area contributed by atoms with Crippen LogP contribution in [0.15, 0.2) is 52.1 Å². The van der Waals surface area contributed by atoms with Crippen LogP contribution in [0.5, 0.6) is 5.75 Å². The standard InChI is InChI=1S/C23H31N3O3/c1-23(2)14-20(19-7-3-4-8-21(19)29-23)26-22(25-15-17-10-13-27-16-17)24-11-9-18-6-5-12-28-18/h3-8,12,17,20H,9-11,13-16H2,1-2H3,(H2,24,25,26). The maximum absolute atomic E-state index is 6.17. The van der Waals surface area contributed by atoms with E-state index in [2.05, 4.69) is 36.6 Å². The first-order valence-electron chi connectivity index (χ1n) is 10.5. The van der Waals surface area contributed by atoms with E-state index in [9.17, 15) is 0 Å². The van der Waals surface area contributed by atoms with Crippen LogP contribution in [-0.2, 0) is 11.2 Å². The molecule has 0 saturated carbocycles. The zero-order chi connectivity index (χ0) is 20.1. The van der Waals surface area contributed by atoms with Crippen molar-refractivity contribution in [2.45, 2.75) is 44.8 Å². The Bertz CT molecular complexity index is 811. The van der Waals surface area contributed by atoms with Crippen LogP contribution in [0.1, 0.15) is 44.1 Å². The number of nitrogens with one attached hydrogen (secondary N) is 2. The molecule has 0 radical (unpaired) electrons. The molecule has 3 heterocycles. The maximum atomic E-state index is 6.17. The topological polar surface area (TPSA) is 68.0 Å². The first-order valence-corrected chi connectivity index (χ1v) is 10.5. The molecule has 2 aromatic rings. The Kier molecular flexibility index (Phi) is 6.09. The molecule has 1 fully saturated rings. The highest BCUT2D eigenvalue weighted by Gasteiger charge is 2.34. The van der Waals surface area contributed by atoms with Gasteiger partial charge < -0.3 is 24.5 Å². The number of benzene rings is 1. The van der Waals surface area contributed by atoms with Crippen molar-refractivity contribution in [2.24, 2.45) is 10.9 Å². The van der Waals surface area contributed by atoms with Gasteiger partial charge in [-0.05, 0) is 38.5 Å². The number of para-hydroxylation sites is 1. The number of rotatable bonds is 6. The number of guanidine groups is 1. The number of nitrogens with zero attached hydrogens (tertiary/aromatic N) is 1. The Morgan fingerprint density at radius 1 is 1.21 bits per heavy atom. The van der Waals surface area contributed by atoms with Crippen LogP contribution in [0.3, 0.4) is 0 Å². The van der Waals surface area contributed by atoms with Gasteiger partial charge in [-0.3, -0.25) is 4.99 Å². The van der Waals surface area contributed by atoms with Gasteiger partial charge in [0.25, 0.3) is 0 Å². The quantitative estimate of drug-likeness (QED) is 0.575. The number of hydrogen-bond acceptors (Lipinski definition) is 4. The summed E-state index contributed by atoms with van der Waals surface area (Å²) in [6.07, 6.45) is 4.48. The first kappa shape index (κ1) is 19.8.